The van der Waals surface area contributed by atoms with Gasteiger partial charge in [0.2, 0.25) is 0 Å². The number of methoxy groups -OCH3 is 1. The maximum Gasteiger partial charge on any atom is 0.261 e. The summed E-state index contributed by atoms with van der Waals surface area (Å²) in [5.41, 5.74) is 0.802. The van der Waals surface area contributed by atoms with Gasteiger partial charge in [-0.15, -0.1) is 11.3 Å². The molecule has 2 aromatic heterocycles. The molecule has 0 aliphatic carbocycles. The summed E-state index contributed by atoms with van der Waals surface area (Å²) in [4.78, 5) is 24.1. The molecule has 100 valence electrons. The molecule has 0 spiro atoms. The summed E-state index contributed by atoms with van der Waals surface area (Å²) in [6, 6.07) is 7.31. The lowest BCUT2D eigenvalue weighted by Gasteiger charge is -2.12. The molecule has 5 heteroatoms. The van der Waals surface area contributed by atoms with Crippen molar-refractivity contribution >= 4 is 17.6 Å². The van der Waals surface area contributed by atoms with E-state index in [4.69, 9.17) is 4.74 Å². The van der Waals surface area contributed by atoms with E-state index in [9.17, 15) is 9.59 Å². The third-order valence-corrected chi connectivity index (χ3v) is 3.73. The number of rotatable bonds is 6. The van der Waals surface area contributed by atoms with E-state index >= 15 is 0 Å². The molecule has 0 N–H and O–H groups in total. The average molecular weight is 277 g/mol. The van der Waals surface area contributed by atoms with Crippen LogP contribution in [0.15, 0.2) is 34.4 Å². The van der Waals surface area contributed by atoms with Crippen molar-refractivity contribution in [1.82, 2.24) is 4.57 Å². The molecule has 0 fully saturated rings. The molecule has 0 aromatic carbocycles. The third-order valence-electron chi connectivity index (χ3n) is 2.83. The Labute approximate surface area is 115 Å². The Morgan fingerprint density at radius 1 is 1.37 bits per heavy atom. The van der Waals surface area contributed by atoms with Crippen LogP contribution in [0.5, 0.6) is 0 Å². The second-order valence-corrected chi connectivity index (χ2v) is 5.02. The number of hydrogen-bond acceptors (Lipinski definition) is 4. The van der Waals surface area contributed by atoms with E-state index in [1.165, 1.54) is 0 Å². The number of carbonyl (C=O) groups is 1. The second-order valence-electron chi connectivity index (χ2n) is 4.07. The van der Waals surface area contributed by atoms with Crippen molar-refractivity contribution in [3.63, 3.8) is 0 Å². The van der Waals surface area contributed by atoms with Gasteiger partial charge in [0.15, 0.2) is 6.29 Å². The molecule has 0 bridgehead atoms. The SMILES string of the molecule is COCCCn1c(-c2cccs2)ccc(C=O)c1=O. The summed E-state index contributed by atoms with van der Waals surface area (Å²) in [7, 11) is 1.63. The molecule has 4 nitrogen and oxygen atoms in total. The maximum atomic E-state index is 12.2. The van der Waals surface area contributed by atoms with Crippen LogP contribution in [-0.4, -0.2) is 24.6 Å². The number of hydrogen-bond donors (Lipinski definition) is 0. The summed E-state index contributed by atoms with van der Waals surface area (Å²) in [5, 5.41) is 1.97. The fourth-order valence-electron chi connectivity index (χ4n) is 1.91. The van der Waals surface area contributed by atoms with E-state index in [1.807, 2.05) is 23.6 Å². The Balaban J connectivity index is 2.45. The monoisotopic (exact) mass is 277 g/mol. The lowest BCUT2D eigenvalue weighted by molar-refractivity contribution is 0.112. The first-order valence-corrected chi connectivity index (χ1v) is 6.87. The van der Waals surface area contributed by atoms with Crippen LogP contribution in [0, 0.1) is 0 Å². The molecule has 2 heterocycles. The van der Waals surface area contributed by atoms with Crippen LogP contribution >= 0.6 is 11.3 Å². The lowest BCUT2D eigenvalue weighted by Crippen LogP contribution is -2.25. The van der Waals surface area contributed by atoms with Crippen LogP contribution in [0.1, 0.15) is 16.8 Å². The van der Waals surface area contributed by atoms with Crippen LogP contribution in [0.25, 0.3) is 10.6 Å². The van der Waals surface area contributed by atoms with Gasteiger partial charge in [-0.1, -0.05) is 6.07 Å². The molecule has 0 saturated carbocycles. The summed E-state index contributed by atoms with van der Waals surface area (Å²) >= 11 is 1.57. The molecule has 0 saturated heterocycles. The van der Waals surface area contributed by atoms with Crippen molar-refractivity contribution in [3.05, 3.63) is 45.6 Å². The molecule has 19 heavy (non-hydrogen) atoms. The van der Waals surface area contributed by atoms with E-state index in [0.717, 1.165) is 17.0 Å². The van der Waals surface area contributed by atoms with E-state index < -0.39 is 0 Å². The molecule has 2 rings (SSSR count). The zero-order valence-corrected chi connectivity index (χ0v) is 11.5. The molecular weight excluding hydrogens is 262 g/mol. The van der Waals surface area contributed by atoms with Crippen LogP contribution in [0.3, 0.4) is 0 Å². The molecule has 0 atom stereocenters. The van der Waals surface area contributed by atoms with Gasteiger partial charge in [0.25, 0.3) is 5.56 Å². The fourth-order valence-corrected chi connectivity index (χ4v) is 2.67. The minimum atomic E-state index is -0.239. The Hall–Kier alpha value is -1.72. The van der Waals surface area contributed by atoms with E-state index in [0.29, 0.717) is 19.4 Å². The maximum absolute atomic E-state index is 12.2. The fraction of sp³-hybridized carbons (Fsp3) is 0.286. The van der Waals surface area contributed by atoms with Crippen molar-refractivity contribution in [2.75, 3.05) is 13.7 Å². The number of aldehydes is 1. The summed E-state index contributed by atoms with van der Waals surface area (Å²) in [6.45, 7) is 1.13. The number of pyridine rings is 1. The Morgan fingerprint density at radius 2 is 2.21 bits per heavy atom. The van der Waals surface area contributed by atoms with Gasteiger partial charge < -0.3 is 9.30 Å². The minimum absolute atomic E-state index is 0.192. The van der Waals surface area contributed by atoms with Gasteiger partial charge in [0, 0.05) is 20.3 Å². The van der Waals surface area contributed by atoms with E-state index in [-0.39, 0.29) is 11.1 Å². The Morgan fingerprint density at radius 3 is 2.84 bits per heavy atom. The highest BCUT2D eigenvalue weighted by atomic mass is 32.1. The van der Waals surface area contributed by atoms with Gasteiger partial charge in [-0.3, -0.25) is 9.59 Å². The van der Waals surface area contributed by atoms with Gasteiger partial charge in [0.1, 0.15) is 0 Å². The zero-order valence-electron chi connectivity index (χ0n) is 10.7. The van der Waals surface area contributed by atoms with Gasteiger partial charge in [0.05, 0.1) is 16.1 Å². The Kier molecular flexibility index (Phi) is 4.65. The topological polar surface area (TPSA) is 48.3 Å². The quantitative estimate of drug-likeness (QED) is 0.602. The van der Waals surface area contributed by atoms with Gasteiger partial charge in [-0.05, 0) is 30.0 Å². The Bertz CT molecular complexity index is 602. The number of nitrogens with zero attached hydrogens (tertiary/aromatic N) is 1. The van der Waals surface area contributed by atoms with Crippen molar-refractivity contribution in [1.29, 1.82) is 0 Å². The standard InChI is InChI=1S/C14H15NO3S/c1-18-8-3-7-15-12(13-4-2-9-19-13)6-5-11(10-16)14(15)17/h2,4-6,9-10H,3,7-8H2,1H3. The van der Waals surface area contributed by atoms with Gasteiger partial charge in [-0.25, -0.2) is 0 Å². The predicted octanol–water partition coefficient (Wildman–Crippen LogP) is 2.43. The number of ether oxygens (including phenoxy) is 1. The normalized spacial score (nSPS) is 10.6. The number of thiophene rings is 1. The van der Waals surface area contributed by atoms with Crippen LogP contribution in [0.2, 0.25) is 0 Å². The van der Waals surface area contributed by atoms with Crippen molar-refractivity contribution in [3.8, 4) is 10.6 Å². The van der Waals surface area contributed by atoms with Crippen LogP contribution < -0.4 is 5.56 Å². The summed E-state index contributed by atoms with van der Waals surface area (Å²) in [6.07, 6.45) is 1.34. The minimum Gasteiger partial charge on any atom is -0.385 e. The number of aromatic nitrogens is 1. The first-order valence-electron chi connectivity index (χ1n) is 5.99. The zero-order chi connectivity index (χ0) is 13.7. The largest absolute Gasteiger partial charge is 0.385 e. The second kappa shape index (κ2) is 6.45. The first kappa shape index (κ1) is 13.7. The molecule has 0 radical (unpaired) electrons. The third kappa shape index (κ3) is 3.00. The van der Waals surface area contributed by atoms with Crippen LogP contribution in [-0.2, 0) is 11.3 Å². The first-order chi connectivity index (χ1) is 9.27. The van der Waals surface area contributed by atoms with E-state index in [1.54, 1.807) is 29.1 Å². The average Bonchev–Trinajstić information content (AvgIpc) is 2.94. The molecule has 0 amide bonds. The van der Waals surface area contributed by atoms with Crippen molar-refractivity contribution < 1.29 is 9.53 Å². The van der Waals surface area contributed by atoms with E-state index in [2.05, 4.69) is 0 Å². The summed E-state index contributed by atoms with van der Waals surface area (Å²) < 4.78 is 6.66. The highest BCUT2D eigenvalue weighted by molar-refractivity contribution is 7.13. The predicted molar refractivity (Wildman–Crippen MR) is 75.9 cm³/mol. The van der Waals surface area contributed by atoms with Crippen molar-refractivity contribution in [2.45, 2.75) is 13.0 Å². The molecule has 2 aromatic rings. The molecular formula is C14H15NO3S. The smallest absolute Gasteiger partial charge is 0.261 e. The van der Waals surface area contributed by atoms with Gasteiger partial charge in [-0.2, -0.15) is 0 Å². The van der Waals surface area contributed by atoms with Crippen molar-refractivity contribution in [2.24, 2.45) is 0 Å². The number of carbonyl (C=O) groups excluding carboxylic acids is 1. The highest BCUT2D eigenvalue weighted by Gasteiger charge is 2.10. The van der Waals surface area contributed by atoms with Gasteiger partial charge >= 0.3 is 0 Å². The molecule has 0 aliphatic rings. The lowest BCUT2D eigenvalue weighted by atomic mass is 10.2. The molecule has 0 unspecified atom stereocenters. The summed E-state index contributed by atoms with van der Waals surface area (Å²) in [5.74, 6) is 0. The molecule has 0 aliphatic heterocycles. The van der Waals surface area contributed by atoms with Crippen LogP contribution in [0.4, 0.5) is 0 Å². The highest BCUT2D eigenvalue weighted by Crippen LogP contribution is 2.23.